The second-order valence-electron chi connectivity index (χ2n) is 5.77. The average molecular weight is 364 g/mol. The summed E-state index contributed by atoms with van der Waals surface area (Å²) >= 11 is 5.93. The standard InChI is InChI=1S/C16H14ClN3O5/c1-9(21)20-16(7-12(18-20)14(23)25-2)8-13(22)19(15(16)24)11-5-3-4-10(17)6-11/h3-6H,7-8H2,1-2H3. The van der Waals surface area contributed by atoms with Gasteiger partial charge in [-0.2, -0.15) is 5.10 Å². The monoisotopic (exact) mass is 363 g/mol. The van der Waals surface area contributed by atoms with Gasteiger partial charge >= 0.3 is 5.97 Å². The first-order valence-electron chi connectivity index (χ1n) is 7.40. The largest absolute Gasteiger partial charge is 0.464 e. The topological polar surface area (TPSA) is 96.3 Å². The van der Waals surface area contributed by atoms with E-state index in [1.807, 2.05) is 0 Å². The molecule has 2 aliphatic heterocycles. The molecule has 3 amide bonds. The first kappa shape index (κ1) is 17.1. The molecule has 25 heavy (non-hydrogen) atoms. The number of ether oxygens (including phenoxy) is 1. The molecule has 0 bridgehead atoms. The van der Waals surface area contributed by atoms with Gasteiger partial charge in [0.15, 0.2) is 5.54 Å². The van der Waals surface area contributed by atoms with Crippen LogP contribution < -0.4 is 4.90 Å². The zero-order valence-electron chi connectivity index (χ0n) is 13.5. The highest BCUT2D eigenvalue weighted by Crippen LogP contribution is 2.40. The number of esters is 1. The van der Waals surface area contributed by atoms with E-state index in [0.717, 1.165) is 9.91 Å². The molecule has 0 saturated carbocycles. The number of benzene rings is 1. The van der Waals surface area contributed by atoms with Crippen LogP contribution in [0.15, 0.2) is 29.4 Å². The van der Waals surface area contributed by atoms with Gasteiger partial charge in [0.25, 0.3) is 5.91 Å². The van der Waals surface area contributed by atoms with Crippen molar-refractivity contribution in [1.82, 2.24) is 5.01 Å². The molecule has 2 heterocycles. The summed E-state index contributed by atoms with van der Waals surface area (Å²) in [5.41, 5.74) is -1.32. The quantitative estimate of drug-likeness (QED) is 0.579. The highest BCUT2D eigenvalue weighted by atomic mass is 35.5. The number of nitrogens with zero attached hydrogens (tertiary/aromatic N) is 3. The fourth-order valence-electron chi connectivity index (χ4n) is 3.11. The molecule has 1 aromatic carbocycles. The van der Waals surface area contributed by atoms with Gasteiger partial charge in [-0.3, -0.25) is 14.4 Å². The Hall–Kier alpha value is -2.74. The van der Waals surface area contributed by atoms with Crippen molar-refractivity contribution in [2.75, 3.05) is 12.0 Å². The molecule has 1 atom stereocenters. The molecule has 1 unspecified atom stereocenters. The minimum Gasteiger partial charge on any atom is -0.464 e. The van der Waals surface area contributed by atoms with Gasteiger partial charge in [-0.05, 0) is 18.2 Å². The lowest BCUT2D eigenvalue weighted by molar-refractivity contribution is -0.141. The maximum atomic E-state index is 13.1. The minimum atomic E-state index is -1.55. The van der Waals surface area contributed by atoms with Gasteiger partial charge in [-0.25, -0.2) is 14.7 Å². The maximum absolute atomic E-state index is 13.1. The van der Waals surface area contributed by atoms with Crippen LogP contribution in [0.1, 0.15) is 19.8 Å². The molecule has 130 valence electrons. The lowest BCUT2D eigenvalue weighted by Crippen LogP contribution is -2.51. The van der Waals surface area contributed by atoms with Crippen LogP contribution in [0.4, 0.5) is 5.69 Å². The fourth-order valence-corrected chi connectivity index (χ4v) is 3.30. The van der Waals surface area contributed by atoms with Crippen molar-refractivity contribution in [2.24, 2.45) is 5.10 Å². The zero-order valence-corrected chi connectivity index (χ0v) is 14.2. The van der Waals surface area contributed by atoms with Crippen LogP contribution in [0.25, 0.3) is 0 Å². The summed E-state index contributed by atoms with van der Waals surface area (Å²) in [6.45, 7) is 1.21. The highest BCUT2D eigenvalue weighted by molar-refractivity contribution is 6.39. The van der Waals surface area contributed by atoms with Gasteiger partial charge in [-0.1, -0.05) is 17.7 Å². The molecule has 0 aliphatic carbocycles. The number of carbonyl (C=O) groups is 4. The molecule has 0 aromatic heterocycles. The number of halogens is 1. The molecule has 8 nitrogen and oxygen atoms in total. The van der Waals surface area contributed by atoms with Crippen molar-refractivity contribution in [3.05, 3.63) is 29.3 Å². The van der Waals surface area contributed by atoms with Crippen molar-refractivity contribution in [3.8, 4) is 0 Å². The summed E-state index contributed by atoms with van der Waals surface area (Å²) in [4.78, 5) is 50.3. The lowest BCUT2D eigenvalue weighted by atomic mass is 9.91. The summed E-state index contributed by atoms with van der Waals surface area (Å²) in [7, 11) is 1.17. The molecule has 1 fully saturated rings. The molecule has 1 aromatic rings. The second-order valence-corrected chi connectivity index (χ2v) is 6.20. The van der Waals surface area contributed by atoms with Crippen LogP contribution in [0.2, 0.25) is 5.02 Å². The number of rotatable bonds is 2. The van der Waals surface area contributed by atoms with Gasteiger partial charge in [0.1, 0.15) is 5.71 Å². The minimum absolute atomic E-state index is 0.0770. The lowest BCUT2D eigenvalue weighted by Gasteiger charge is -2.28. The van der Waals surface area contributed by atoms with E-state index >= 15 is 0 Å². The molecule has 2 aliphatic rings. The van der Waals surface area contributed by atoms with Crippen molar-refractivity contribution < 1.29 is 23.9 Å². The second kappa shape index (κ2) is 5.96. The Morgan fingerprint density at radius 1 is 1.28 bits per heavy atom. The van der Waals surface area contributed by atoms with Gasteiger partial charge in [0.05, 0.1) is 19.2 Å². The maximum Gasteiger partial charge on any atom is 0.354 e. The van der Waals surface area contributed by atoms with Crippen LogP contribution in [-0.2, 0) is 23.9 Å². The van der Waals surface area contributed by atoms with Crippen LogP contribution in [-0.4, -0.2) is 47.1 Å². The van der Waals surface area contributed by atoms with Crippen LogP contribution in [0, 0.1) is 0 Å². The van der Waals surface area contributed by atoms with Crippen molar-refractivity contribution in [1.29, 1.82) is 0 Å². The van der Waals surface area contributed by atoms with Gasteiger partial charge in [0, 0.05) is 18.4 Å². The SMILES string of the molecule is COC(=O)C1=NN(C(C)=O)C2(CC(=O)N(c3cccc(Cl)c3)C2=O)C1. The van der Waals surface area contributed by atoms with E-state index in [0.29, 0.717) is 10.7 Å². The molecular weight excluding hydrogens is 350 g/mol. The molecule has 0 radical (unpaired) electrons. The molecule has 1 saturated heterocycles. The predicted molar refractivity (Wildman–Crippen MR) is 87.9 cm³/mol. The first-order chi connectivity index (χ1) is 11.8. The smallest absolute Gasteiger partial charge is 0.354 e. The molecular formula is C16H14ClN3O5. The van der Waals surface area contributed by atoms with Gasteiger partial charge in [-0.15, -0.1) is 0 Å². The Balaban J connectivity index is 2.03. The van der Waals surface area contributed by atoms with Crippen molar-refractivity contribution in [3.63, 3.8) is 0 Å². The number of hydrazone groups is 1. The summed E-state index contributed by atoms with van der Waals surface area (Å²) in [6, 6.07) is 6.26. The Morgan fingerprint density at radius 3 is 2.60 bits per heavy atom. The van der Waals surface area contributed by atoms with Crippen molar-refractivity contribution >= 4 is 46.7 Å². The number of anilines is 1. The Bertz CT molecular complexity index is 837. The summed E-state index contributed by atoms with van der Waals surface area (Å²) in [6.07, 6.45) is -0.456. The van der Waals surface area contributed by atoms with Gasteiger partial charge < -0.3 is 4.74 Å². The van der Waals surface area contributed by atoms with E-state index in [1.165, 1.54) is 20.1 Å². The number of methoxy groups -OCH3 is 1. The number of carbonyl (C=O) groups excluding carboxylic acids is 4. The molecule has 0 N–H and O–H groups in total. The van der Waals surface area contributed by atoms with Crippen LogP contribution in [0.5, 0.6) is 0 Å². The van der Waals surface area contributed by atoms with Gasteiger partial charge in [0.2, 0.25) is 11.8 Å². The van der Waals surface area contributed by atoms with E-state index in [2.05, 4.69) is 9.84 Å². The van der Waals surface area contributed by atoms with E-state index in [4.69, 9.17) is 11.6 Å². The molecule has 3 rings (SSSR count). The third kappa shape index (κ3) is 2.58. The number of amides is 3. The average Bonchev–Trinajstić information content (AvgIpc) is 3.06. The van der Waals surface area contributed by atoms with E-state index in [9.17, 15) is 19.2 Å². The fraction of sp³-hybridized carbons (Fsp3) is 0.312. The normalized spacial score (nSPS) is 22.6. The van der Waals surface area contributed by atoms with E-state index in [1.54, 1.807) is 18.2 Å². The number of imide groups is 1. The van der Waals surface area contributed by atoms with Crippen molar-refractivity contribution in [2.45, 2.75) is 25.3 Å². The molecule has 9 heteroatoms. The highest BCUT2D eigenvalue weighted by Gasteiger charge is 2.61. The van der Waals surface area contributed by atoms with Crippen LogP contribution >= 0.6 is 11.6 Å². The van der Waals surface area contributed by atoms with E-state index < -0.39 is 29.2 Å². The number of hydrogen-bond donors (Lipinski definition) is 0. The third-order valence-corrected chi connectivity index (χ3v) is 4.40. The number of hydrogen-bond acceptors (Lipinski definition) is 6. The molecule has 1 spiro atoms. The summed E-state index contributed by atoms with van der Waals surface area (Å²) in [5.74, 6) is -2.42. The Kier molecular flexibility index (Phi) is 4.08. The summed E-state index contributed by atoms with van der Waals surface area (Å²) < 4.78 is 4.62. The Labute approximate surface area is 148 Å². The first-order valence-corrected chi connectivity index (χ1v) is 7.77. The van der Waals surface area contributed by atoms with Crippen LogP contribution in [0.3, 0.4) is 0 Å². The predicted octanol–water partition coefficient (Wildman–Crippen LogP) is 1.12. The zero-order chi connectivity index (χ0) is 18.4. The van der Waals surface area contributed by atoms with E-state index in [-0.39, 0.29) is 18.6 Å². The Morgan fingerprint density at radius 2 is 2.00 bits per heavy atom. The third-order valence-electron chi connectivity index (χ3n) is 4.17. The summed E-state index contributed by atoms with van der Waals surface area (Å²) in [5, 5.41) is 5.19.